The monoisotopic (exact) mass is 266 g/mol. The molecule has 1 fully saturated rings. The van der Waals surface area contributed by atoms with Crippen molar-refractivity contribution in [3.05, 3.63) is 59.7 Å². The molecular weight excluding hydrogens is 244 g/mol. The quantitative estimate of drug-likeness (QED) is 0.819. The third kappa shape index (κ3) is 2.51. The van der Waals surface area contributed by atoms with Crippen LogP contribution in [0.1, 0.15) is 11.1 Å². The lowest BCUT2D eigenvalue weighted by Crippen LogP contribution is -2.47. The van der Waals surface area contributed by atoms with Crippen LogP contribution in [0.2, 0.25) is 0 Å². The van der Waals surface area contributed by atoms with E-state index in [9.17, 15) is 0 Å². The third-order valence-electron chi connectivity index (χ3n) is 4.16. The smallest absolute Gasteiger partial charge is 0.0426 e. The zero-order valence-electron chi connectivity index (χ0n) is 12.3. The molecule has 0 aliphatic carbocycles. The zero-order valence-corrected chi connectivity index (χ0v) is 12.3. The lowest BCUT2D eigenvalue weighted by atomic mass is 10.1. The molecule has 1 aliphatic rings. The molecule has 1 heterocycles. The summed E-state index contributed by atoms with van der Waals surface area (Å²) in [5.74, 6) is 0. The highest BCUT2D eigenvalue weighted by molar-refractivity contribution is 5.60. The number of anilines is 2. The lowest BCUT2D eigenvalue weighted by Gasteiger charge is -2.38. The van der Waals surface area contributed by atoms with Gasteiger partial charge in [-0.2, -0.15) is 0 Å². The minimum Gasteiger partial charge on any atom is -0.368 e. The molecule has 2 aromatic rings. The first kappa shape index (κ1) is 13.0. The lowest BCUT2D eigenvalue weighted by molar-refractivity contribution is 0.651. The fraction of sp³-hybridized carbons (Fsp3) is 0.333. The van der Waals surface area contributed by atoms with E-state index in [-0.39, 0.29) is 0 Å². The van der Waals surface area contributed by atoms with E-state index in [4.69, 9.17) is 0 Å². The minimum absolute atomic E-state index is 1.10. The predicted molar refractivity (Wildman–Crippen MR) is 86.8 cm³/mol. The first-order valence-corrected chi connectivity index (χ1v) is 7.37. The standard InChI is InChI=1S/C18H22N2/c1-15-7-6-8-16(2)18(15)20-13-11-19(12-14-20)17-9-4-3-5-10-17/h3-10H,11-14H2,1-2H3. The maximum absolute atomic E-state index is 2.53. The number of aryl methyl sites for hydroxylation is 2. The van der Waals surface area contributed by atoms with E-state index in [2.05, 4.69) is 72.2 Å². The maximum Gasteiger partial charge on any atom is 0.0426 e. The number of rotatable bonds is 2. The van der Waals surface area contributed by atoms with Crippen molar-refractivity contribution in [2.45, 2.75) is 13.8 Å². The van der Waals surface area contributed by atoms with Crippen LogP contribution in [-0.2, 0) is 0 Å². The summed E-state index contributed by atoms with van der Waals surface area (Å²) in [6.07, 6.45) is 0. The van der Waals surface area contributed by atoms with E-state index in [1.54, 1.807) is 0 Å². The fourth-order valence-corrected chi connectivity index (χ4v) is 3.13. The molecule has 0 saturated carbocycles. The third-order valence-corrected chi connectivity index (χ3v) is 4.16. The van der Waals surface area contributed by atoms with E-state index < -0.39 is 0 Å². The fourth-order valence-electron chi connectivity index (χ4n) is 3.13. The zero-order chi connectivity index (χ0) is 13.9. The van der Waals surface area contributed by atoms with Gasteiger partial charge < -0.3 is 9.80 Å². The summed E-state index contributed by atoms with van der Waals surface area (Å²) < 4.78 is 0. The number of benzene rings is 2. The molecule has 2 aromatic carbocycles. The molecule has 0 amide bonds. The minimum atomic E-state index is 1.10. The maximum atomic E-state index is 2.53. The van der Waals surface area contributed by atoms with Crippen molar-refractivity contribution in [2.75, 3.05) is 36.0 Å². The molecular formula is C18H22N2. The van der Waals surface area contributed by atoms with E-state index in [1.807, 2.05) is 0 Å². The first-order chi connectivity index (χ1) is 9.75. The van der Waals surface area contributed by atoms with Crippen LogP contribution in [0.5, 0.6) is 0 Å². The topological polar surface area (TPSA) is 6.48 Å². The molecule has 2 heteroatoms. The Morgan fingerprint density at radius 2 is 1.20 bits per heavy atom. The Balaban J connectivity index is 1.73. The molecule has 0 atom stereocenters. The van der Waals surface area contributed by atoms with Gasteiger partial charge in [0, 0.05) is 37.6 Å². The Hall–Kier alpha value is -1.96. The largest absolute Gasteiger partial charge is 0.368 e. The van der Waals surface area contributed by atoms with Gasteiger partial charge in [0.15, 0.2) is 0 Å². The Morgan fingerprint density at radius 1 is 0.650 bits per heavy atom. The van der Waals surface area contributed by atoms with Crippen LogP contribution in [0, 0.1) is 13.8 Å². The van der Waals surface area contributed by atoms with Crippen molar-refractivity contribution in [3.63, 3.8) is 0 Å². The van der Waals surface area contributed by atoms with Crippen LogP contribution >= 0.6 is 0 Å². The molecule has 0 aromatic heterocycles. The van der Waals surface area contributed by atoms with Crippen LogP contribution in [0.15, 0.2) is 48.5 Å². The van der Waals surface area contributed by atoms with Gasteiger partial charge in [-0.15, -0.1) is 0 Å². The van der Waals surface area contributed by atoms with Crippen LogP contribution in [0.4, 0.5) is 11.4 Å². The van der Waals surface area contributed by atoms with Crippen molar-refractivity contribution in [1.29, 1.82) is 0 Å². The van der Waals surface area contributed by atoms with Gasteiger partial charge in [-0.3, -0.25) is 0 Å². The Morgan fingerprint density at radius 3 is 1.80 bits per heavy atom. The van der Waals surface area contributed by atoms with Gasteiger partial charge in [-0.25, -0.2) is 0 Å². The summed E-state index contributed by atoms with van der Waals surface area (Å²) in [6.45, 7) is 8.81. The van der Waals surface area contributed by atoms with Crippen molar-refractivity contribution >= 4 is 11.4 Å². The SMILES string of the molecule is Cc1cccc(C)c1N1CCN(c2ccccc2)CC1. The summed E-state index contributed by atoms with van der Waals surface area (Å²) in [6, 6.07) is 17.3. The van der Waals surface area contributed by atoms with E-state index in [0.717, 1.165) is 26.2 Å². The highest BCUT2D eigenvalue weighted by Crippen LogP contribution is 2.26. The number of hydrogen-bond acceptors (Lipinski definition) is 2. The molecule has 104 valence electrons. The molecule has 0 bridgehead atoms. The molecule has 0 spiro atoms. The van der Waals surface area contributed by atoms with Gasteiger partial charge in [0.2, 0.25) is 0 Å². The van der Waals surface area contributed by atoms with E-state index in [0.29, 0.717) is 0 Å². The van der Waals surface area contributed by atoms with Crippen LogP contribution < -0.4 is 9.80 Å². The van der Waals surface area contributed by atoms with Gasteiger partial charge in [0.1, 0.15) is 0 Å². The average molecular weight is 266 g/mol. The van der Waals surface area contributed by atoms with E-state index in [1.165, 1.54) is 22.5 Å². The average Bonchev–Trinajstić information content (AvgIpc) is 2.49. The number of nitrogens with zero attached hydrogens (tertiary/aromatic N) is 2. The number of para-hydroxylation sites is 2. The van der Waals surface area contributed by atoms with Gasteiger partial charge in [0.25, 0.3) is 0 Å². The predicted octanol–water partition coefficient (Wildman–Crippen LogP) is 3.63. The molecule has 1 saturated heterocycles. The van der Waals surface area contributed by atoms with Crippen LogP contribution in [0.25, 0.3) is 0 Å². The molecule has 1 aliphatic heterocycles. The molecule has 3 rings (SSSR count). The Kier molecular flexibility index (Phi) is 3.64. The van der Waals surface area contributed by atoms with Crippen molar-refractivity contribution in [2.24, 2.45) is 0 Å². The van der Waals surface area contributed by atoms with E-state index >= 15 is 0 Å². The Labute approximate surface area is 121 Å². The van der Waals surface area contributed by atoms with Crippen LogP contribution in [0.3, 0.4) is 0 Å². The second-order valence-corrected chi connectivity index (χ2v) is 5.55. The van der Waals surface area contributed by atoms with Gasteiger partial charge in [-0.05, 0) is 37.1 Å². The highest BCUT2D eigenvalue weighted by atomic mass is 15.3. The summed E-state index contributed by atoms with van der Waals surface area (Å²) in [5.41, 5.74) is 5.55. The summed E-state index contributed by atoms with van der Waals surface area (Å²) in [4.78, 5) is 5.01. The Bertz CT molecular complexity index is 549. The summed E-state index contributed by atoms with van der Waals surface area (Å²) >= 11 is 0. The second-order valence-electron chi connectivity index (χ2n) is 5.55. The molecule has 0 N–H and O–H groups in total. The number of hydrogen-bond donors (Lipinski definition) is 0. The summed E-state index contributed by atoms with van der Waals surface area (Å²) in [7, 11) is 0. The summed E-state index contributed by atoms with van der Waals surface area (Å²) in [5, 5.41) is 0. The van der Waals surface area contributed by atoms with Gasteiger partial charge in [0.05, 0.1) is 0 Å². The van der Waals surface area contributed by atoms with Gasteiger partial charge >= 0.3 is 0 Å². The van der Waals surface area contributed by atoms with Crippen LogP contribution in [-0.4, -0.2) is 26.2 Å². The highest BCUT2D eigenvalue weighted by Gasteiger charge is 2.19. The van der Waals surface area contributed by atoms with Gasteiger partial charge in [-0.1, -0.05) is 36.4 Å². The molecule has 0 radical (unpaired) electrons. The normalized spacial score (nSPS) is 15.5. The molecule has 2 nitrogen and oxygen atoms in total. The first-order valence-electron chi connectivity index (χ1n) is 7.37. The second kappa shape index (κ2) is 5.58. The van der Waals surface area contributed by atoms with Crippen molar-refractivity contribution in [3.8, 4) is 0 Å². The number of piperazine rings is 1. The van der Waals surface area contributed by atoms with Crippen molar-refractivity contribution < 1.29 is 0 Å². The van der Waals surface area contributed by atoms with Crippen molar-refractivity contribution in [1.82, 2.24) is 0 Å². The molecule has 0 unspecified atom stereocenters. The molecule has 20 heavy (non-hydrogen) atoms.